The summed E-state index contributed by atoms with van der Waals surface area (Å²) < 4.78 is 15.0. The number of esters is 3. The normalized spacial score (nSPS) is 16.1. The van der Waals surface area contributed by atoms with Crippen LogP contribution in [0.2, 0.25) is 0 Å². The van der Waals surface area contributed by atoms with Crippen LogP contribution in [0.1, 0.15) is 154 Å². The number of aromatic nitrogens is 2. The van der Waals surface area contributed by atoms with Crippen LogP contribution in [0.15, 0.2) is 109 Å². The molecule has 7 heterocycles. The first kappa shape index (κ1) is 91.7. The van der Waals surface area contributed by atoms with Gasteiger partial charge in [-0.1, -0.05) is 108 Å². The van der Waals surface area contributed by atoms with Gasteiger partial charge in [0.15, 0.2) is 0 Å². The number of amides is 6. The van der Waals surface area contributed by atoms with Crippen LogP contribution in [-0.4, -0.2) is 246 Å². The van der Waals surface area contributed by atoms with Crippen molar-refractivity contribution >= 4 is 89.5 Å². The number of likely N-dealkylation sites (N-methyl/N-ethyl adjacent to an activating group) is 2. The number of hydrogen-bond donors (Lipinski definition) is 2. The molecule has 2 aromatic heterocycles. The molecule has 10 rings (SSSR count). The first-order valence-corrected chi connectivity index (χ1v) is 37.2. The van der Waals surface area contributed by atoms with Crippen molar-refractivity contribution in [1.29, 1.82) is 5.26 Å². The van der Waals surface area contributed by atoms with E-state index in [0.29, 0.717) is 77.4 Å². The number of halogens is 3. The Bertz CT molecular complexity index is 3330. The minimum absolute atomic E-state index is 0. The van der Waals surface area contributed by atoms with E-state index in [9.17, 15) is 43.2 Å². The van der Waals surface area contributed by atoms with Crippen LogP contribution in [0.5, 0.6) is 0 Å². The van der Waals surface area contributed by atoms with Gasteiger partial charge in [-0.3, -0.25) is 77.6 Å². The van der Waals surface area contributed by atoms with Crippen LogP contribution in [0.4, 0.5) is 0 Å². The Balaban J connectivity index is 0.000000573. The number of carbonyl (C=O) groups excluding carboxylic acids is 9. The summed E-state index contributed by atoms with van der Waals surface area (Å²) in [7, 11) is 17.6. The number of methoxy groups -OCH3 is 3. The third-order valence-corrected chi connectivity index (χ3v) is 17.9. The SMILES string of the molecule is C.C.C.CC#N.CCN(CC)CC.CN1CCNCc2cccc(n2)CNCC1.COC(=O)C(Br)CCN1C(=O)c2ccccc2C1=O.COC(=O)C(CCN1C(=O)c2ccccc2C1=O)N1CCN(C)CCN(C(CCN2C(=O)c3ccccc3C2=O)C(=O)OC)Cc2cccc(n2)C1.[Cl][Mn][Cl]. The van der Waals surface area contributed by atoms with Gasteiger partial charge in [0, 0.05) is 105 Å². The van der Waals surface area contributed by atoms with E-state index < -0.39 is 34.8 Å². The molecule has 0 saturated carbocycles. The second-order valence-electron chi connectivity index (χ2n) is 23.4. The second-order valence-corrected chi connectivity index (χ2v) is 26.5. The van der Waals surface area contributed by atoms with Crippen molar-refractivity contribution in [2.24, 2.45) is 0 Å². The van der Waals surface area contributed by atoms with Crippen LogP contribution in [0.3, 0.4) is 0 Å². The fraction of sp³-hybridized carbons (Fsp3) is 0.486. The molecule has 4 bridgehead atoms. The zero-order valence-corrected chi connectivity index (χ0v) is 62.6. The van der Waals surface area contributed by atoms with Crippen LogP contribution in [0.25, 0.3) is 0 Å². The summed E-state index contributed by atoms with van der Waals surface area (Å²) in [6.07, 6.45) is 0.657. The molecule has 3 atom stereocenters. The summed E-state index contributed by atoms with van der Waals surface area (Å²) in [6, 6.07) is 32.1. The van der Waals surface area contributed by atoms with Gasteiger partial charge in [0.05, 0.1) is 83.6 Å². The number of nitriles is 1. The van der Waals surface area contributed by atoms with E-state index in [1.807, 2.05) is 35.0 Å². The van der Waals surface area contributed by atoms with Gasteiger partial charge in [0.1, 0.15) is 16.9 Å². The predicted molar refractivity (Wildman–Crippen MR) is 400 cm³/mol. The van der Waals surface area contributed by atoms with E-state index >= 15 is 0 Å². The molecule has 25 nitrogen and oxygen atoms in total. The van der Waals surface area contributed by atoms with Crippen molar-refractivity contribution in [1.82, 2.24) is 59.8 Å². The van der Waals surface area contributed by atoms with Crippen molar-refractivity contribution in [3.05, 3.63) is 165 Å². The number of ether oxygens (including phenoxy) is 3. The summed E-state index contributed by atoms with van der Waals surface area (Å²) in [4.78, 5) is 137. The van der Waals surface area contributed by atoms with Crippen molar-refractivity contribution in [2.75, 3.05) is 127 Å². The molecule has 5 aliphatic heterocycles. The van der Waals surface area contributed by atoms with Crippen molar-refractivity contribution in [2.45, 2.75) is 112 Å². The van der Waals surface area contributed by atoms with Crippen molar-refractivity contribution in [3.8, 4) is 6.07 Å². The monoisotopic (exact) mass is 1570 g/mol. The predicted octanol–water partition coefficient (Wildman–Crippen LogP) is 9.06. The number of pyridine rings is 2. The van der Waals surface area contributed by atoms with Gasteiger partial charge in [-0.15, -0.1) is 0 Å². The number of carbonyl (C=O) groups is 9. The van der Waals surface area contributed by atoms with Gasteiger partial charge in [-0.05, 0) is 114 Å². The number of alkyl halides is 1. The maximum absolute atomic E-state index is 13.3. The number of fused-ring (bicyclic) bond motifs is 7. The summed E-state index contributed by atoms with van der Waals surface area (Å²) in [5, 5.41) is 14.2. The molecule has 0 spiro atoms. The van der Waals surface area contributed by atoms with Gasteiger partial charge in [0.2, 0.25) is 0 Å². The van der Waals surface area contributed by atoms with E-state index in [1.165, 1.54) is 57.7 Å². The molecule has 0 fully saturated rings. The molecular formula is C74H104BrCl2MnN13O12. The fourth-order valence-electron chi connectivity index (χ4n) is 11.5. The number of nitrogens with zero attached hydrogens (tertiary/aromatic N) is 11. The maximum atomic E-state index is 13.3. The Hall–Kier alpha value is -7.42. The van der Waals surface area contributed by atoms with Gasteiger partial charge in [-0.25, -0.2) is 0 Å². The van der Waals surface area contributed by atoms with E-state index in [-0.39, 0.29) is 116 Å². The molecular weight excluding hydrogens is 1470 g/mol. The number of benzene rings is 3. The molecule has 2 N–H and O–H groups in total. The van der Waals surface area contributed by atoms with Gasteiger partial charge in [0.25, 0.3) is 35.4 Å². The van der Waals surface area contributed by atoms with Crippen molar-refractivity contribution in [3.63, 3.8) is 0 Å². The minimum atomic E-state index is -0.765. The zero-order valence-electron chi connectivity index (χ0n) is 58.3. The Morgan fingerprint density at radius 1 is 0.505 bits per heavy atom. The van der Waals surface area contributed by atoms with Crippen LogP contribution in [-0.2, 0) is 67.9 Å². The third-order valence-electron chi connectivity index (χ3n) is 17.1. The van der Waals surface area contributed by atoms with E-state index in [4.69, 9.17) is 39.9 Å². The molecule has 0 saturated heterocycles. The molecule has 0 aliphatic carbocycles. The average Bonchev–Trinajstić information content (AvgIpc) is 1.66. The van der Waals surface area contributed by atoms with E-state index in [2.05, 4.69) is 97.0 Å². The van der Waals surface area contributed by atoms with Crippen molar-refractivity contribution < 1.29 is 70.5 Å². The van der Waals surface area contributed by atoms with Gasteiger partial charge >= 0.3 is 51.2 Å². The van der Waals surface area contributed by atoms with Gasteiger partial charge in [-0.2, -0.15) is 5.26 Å². The molecule has 5 aliphatic rings. The summed E-state index contributed by atoms with van der Waals surface area (Å²) >= 11 is 3.17. The molecule has 3 unspecified atom stereocenters. The number of rotatable bonds is 17. The van der Waals surface area contributed by atoms with Crippen LogP contribution >= 0.6 is 36.1 Å². The topological polar surface area (TPSA) is 281 Å². The molecule has 3 aromatic carbocycles. The summed E-state index contributed by atoms with van der Waals surface area (Å²) in [5.41, 5.74) is 5.84. The molecule has 6 amide bonds. The summed E-state index contributed by atoms with van der Waals surface area (Å²) in [6.45, 7) is 20.2. The molecule has 5 aromatic rings. The third kappa shape index (κ3) is 27.2. The Kier molecular flexibility index (Phi) is 43.2. The Morgan fingerprint density at radius 2 is 0.786 bits per heavy atom. The van der Waals surface area contributed by atoms with E-state index in [1.54, 1.807) is 78.9 Å². The number of hydrogen-bond acceptors (Lipinski definition) is 22. The Labute approximate surface area is 631 Å². The fourth-order valence-corrected chi connectivity index (χ4v) is 11.9. The van der Waals surface area contributed by atoms with Crippen LogP contribution in [0, 0.1) is 11.3 Å². The van der Waals surface area contributed by atoms with Crippen LogP contribution < -0.4 is 10.6 Å². The molecule has 29 heteroatoms. The molecule has 0 radical (unpaired) electrons. The summed E-state index contributed by atoms with van der Waals surface area (Å²) in [5.74, 6) is -3.54. The second kappa shape index (κ2) is 48.6. The quantitative estimate of drug-likeness (QED) is 0.0288. The average molecular weight is 1570 g/mol. The van der Waals surface area contributed by atoms with E-state index in [0.717, 1.165) is 55.6 Å². The first-order chi connectivity index (χ1) is 48.2. The molecule has 103 heavy (non-hydrogen) atoms. The Morgan fingerprint density at radius 3 is 1.08 bits per heavy atom. The molecule has 565 valence electrons. The van der Waals surface area contributed by atoms with Gasteiger partial charge < -0.3 is 39.5 Å². The standard InChI is InChI=1S/C38H42N6O8.C13H12BrNO4.C12H20N4.C6H15N.C2H3N.3CH4.2ClH.Mn/c1-40-19-21-41(31(37(49)51-2)15-17-43-33(45)27-11-4-5-12-28(27)34(43)46)23-25-9-8-10-26(39-25)24-42(22-20-40)32(38(50)52-3)16-18-44-35(47)29-13-6-7-14-30(29)36(44)48;1-19-13(18)10(14)6-7-15-11(16)8-4-2-3-5-9(8)12(15)17;1-16-7-5-13-9-11-3-2-4-12(15-11)10-14-6-8-16;1-4-7(5-2)6-3;1-2-3;;;;;;/h4-14,31-32H,15-24H2,1-3H3;2-5,10H,6-7H2,1H3;2-4,13-14H,5-10H2,1H3;4-6H2,1-3H3;1H3;3*1H4;2*1H;/q;;;;;;;;;;+2/p-2. The zero-order chi connectivity index (χ0) is 73.3. The number of nitrogens with one attached hydrogen (secondary N) is 2. The number of imide groups is 3. The first-order valence-electron chi connectivity index (χ1n) is 33.0.